The number of nitrogen functional groups attached to an aromatic ring is 1. The van der Waals surface area contributed by atoms with Gasteiger partial charge in [-0.25, -0.2) is 10.1 Å². The molecule has 1 aliphatic carbocycles. The van der Waals surface area contributed by atoms with Gasteiger partial charge in [-0.05, 0) is 67.0 Å². The Balaban J connectivity index is 1.38. The van der Waals surface area contributed by atoms with Gasteiger partial charge < -0.3 is 11.1 Å². The van der Waals surface area contributed by atoms with Gasteiger partial charge >= 0.3 is 0 Å². The highest BCUT2D eigenvalue weighted by molar-refractivity contribution is 5.77. The molecule has 0 aliphatic heterocycles. The van der Waals surface area contributed by atoms with Crippen LogP contribution >= 0.6 is 0 Å². The number of rotatable bonds is 9. The predicted octanol–water partition coefficient (Wildman–Crippen LogP) is 6.04. The van der Waals surface area contributed by atoms with Crippen molar-refractivity contribution in [1.29, 1.82) is 0 Å². The van der Waals surface area contributed by atoms with E-state index >= 15 is 0 Å². The Morgan fingerprint density at radius 2 is 1.97 bits per heavy atom. The number of H-pyrrole nitrogens is 1. The molecule has 4 N–H and O–H groups in total. The second kappa shape index (κ2) is 11.4. The summed E-state index contributed by atoms with van der Waals surface area (Å²) in [6.07, 6.45) is 11.3. The average molecular weight is 491 g/mol. The van der Waals surface area contributed by atoms with Crippen LogP contribution in [-0.4, -0.2) is 26.9 Å². The summed E-state index contributed by atoms with van der Waals surface area (Å²) in [6, 6.07) is 21.5. The smallest absolute Gasteiger partial charge is 0.178 e. The number of aromatic amines is 1. The molecule has 188 valence electrons. The number of pyridine rings is 1. The molecular weight excluding hydrogens is 456 g/mol. The van der Waals surface area contributed by atoms with Gasteiger partial charge in [-0.1, -0.05) is 96.3 Å². The number of anilines is 1. The lowest BCUT2D eigenvalue weighted by atomic mass is 9.77. The van der Waals surface area contributed by atoms with Gasteiger partial charge in [0, 0.05) is 12.0 Å². The minimum Gasteiger partial charge on any atom is -0.384 e. The Labute approximate surface area is 218 Å². The monoisotopic (exact) mass is 490 g/mol. The van der Waals surface area contributed by atoms with Crippen LogP contribution < -0.4 is 11.1 Å². The molecule has 6 nitrogen and oxygen atoms in total. The zero-order chi connectivity index (χ0) is 25.6. The number of benzene rings is 2. The lowest BCUT2D eigenvalue weighted by Crippen LogP contribution is -2.31. The van der Waals surface area contributed by atoms with Gasteiger partial charge in [0.05, 0.1) is 0 Å². The SMILES string of the molecule is C=C(/C=C\C=C/C)[C@@H]1Cc2ccccc2[C@@H](NCCC(c2ccccc2)c2cc(N)nc3[nH]nnc23)C1. The van der Waals surface area contributed by atoms with E-state index in [0.717, 1.165) is 36.9 Å². The van der Waals surface area contributed by atoms with Crippen LogP contribution in [0.15, 0.2) is 97.1 Å². The van der Waals surface area contributed by atoms with Crippen LogP contribution in [0.2, 0.25) is 0 Å². The van der Waals surface area contributed by atoms with E-state index in [1.165, 1.54) is 22.3 Å². The summed E-state index contributed by atoms with van der Waals surface area (Å²) in [6.45, 7) is 7.26. The molecule has 5 rings (SSSR count). The van der Waals surface area contributed by atoms with E-state index in [-0.39, 0.29) is 12.0 Å². The molecule has 0 fully saturated rings. The van der Waals surface area contributed by atoms with Crippen molar-refractivity contribution in [3.8, 4) is 0 Å². The highest BCUT2D eigenvalue weighted by atomic mass is 15.3. The molecule has 2 aromatic heterocycles. The van der Waals surface area contributed by atoms with Crippen molar-refractivity contribution in [3.05, 3.63) is 119 Å². The van der Waals surface area contributed by atoms with Crippen LogP contribution in [0.4, 0.5) is 5.82 Å². The standard InChI is InChI=1S/C31H34N6/c1-3-4-6-11-21(2)24-18-23-14-9-10-15-26(23)28(19-24)33-17-16-25(22-12-7-5-8-13-22)27-20-29(32)34-31-30(27)35-37-36-31/h3-15,20,24-25,28,33H,2,16-19H2,1H3,(H3,32,34,35,36,37)/b4-3-,11-6-/t24-,25?,28+/m1/s1. The molecular formula is C31H34N6. The number of fused-ring (bicyclic) bond motifs is 2. The summed E-state index contributed by atoms with van der Waals surface area (Å²) in [7, 11) is 0. The molecule has 4 aromatic rings. The van der Waals surface area contributed by atoms with Gasteiger partial charge in [0.1, 0.15) is 11.3 Å². The number of nitrogens with two attached hydrogens (primary N) is 1. The first-order valence-corrected chi connectivity index (χ1v) is 13.0. The van der Waals surface area contributed by atoms with Gasteiger partial charge in [-0.2, -0.15) is 0 Å². The minimum absolute atomic E-state index is 0.111. The highest BCUT2D eigenvalue weighted by Crippen LogP contribution is 2.37. The first-order valence-electron chi connectivity index (χ1n) is 13.0. The zero-order valence-electron chi connectivity index (χ0n) is 21.3. The Bertz CT molecular complexity index is 1420. The number of hydrogen-bond donors (Lipinski definition) is 3. The van der Waals surface area contributed by atoms with Gasteiger partial charge in [0.2, 0.25) is 0 Å². The molecule has 1 aliphatic rings. The number of nitrogens with one attached hydrogen (secondary N) is 2. The number of nitrogens with zero attached hydrogens (tertiary/aromatic N) is 3. The number of hydrogen-bond acceptors (Lipinski definition) is 5. The zero-order valence-corrected chi connectivity index (χ0v) is 21.3. The average Bonchev–Trinajstić information content (AvgIpc) is 3.39. The second-order valence-corrected chi connectivity index (χ2v) is 9.70. The van der Waals surface area contributed by atoms with Gasteiger partial charge in [-0.15, -0.1) is 5.10 Å². The molecule has 3 atom stereocenters. The molecule has 0 spiro atoms. The summed E-state index contributed by atoms with van der Waals surface area (Å²) in [5.74, 6) is 0.990. The Morgan fingerprint density at radius 3 is 2.81 bits per heavy atom. The lowest BCUT2D eigenvalue weighted by Gasteiger charge is -2.33. The van der Waals surface area contributed by atoms with Crippen molar-refractivity contribution in [3.63, 3.8) is 0 Å². The third-order valence-corrected chi connectivity index (χ3v) is 7.30. The maximum atomic E-state index is 6.17. The van der Waals surface area contributed by atoms with Gasteiger partial charge in [-0.3, -0.25) is 0 Å². The molecule has 6 heteroatoms. The largest absolute Gasteiger partial charge is 0.384 e. The van der Waals surface area contributed by atoms with E-state index in [1.54, 1.807) is 0 Å². The van der Waals surface area contributed by atoms with E-state index in [2.05, 4.69) is 99.0 Å². The van der Waals surface area contributed by atoms with Crippen molar-refractivity contribution in [1.82, 2.24) is 25.7 Å². The molecule has 2 aromatic carbocycles. The third-order valence-electron chi connectivity index (χ3n) is 7.30. The summed E-state index contributed by atoms with van der Waals surface area (Å²) < 4.78 is 0. The predicted molar refractivity (Wildman–Crippen MR) is 151 cm³/mol. The number of allylic oxidation sites excluding steroid dienone is 5. The fraction of sp³-hybridized carbons (Fsp3) is 0.258. The topological polar surface area (TPSA) is 92.5 Å². The van der Waals surface area contributed by atoms with Gasteiger partial charge in [0.15, 0.2) is 5.65 Å². The quantitative estimate of drug-likeness (QED) is 0.249. The van der Waals surface area contributed by atoms with E-state index in [9.17, 15) is 0 Å². The highest BCUT2D eigenvalue weighted by Gasteiger charge is 2.28. The molecule has 0 saturated heterocycles. The Kier molecular flexibility index (Phi) is 7.57. The van der Waals surface area contributed by atoms with Crippen molar-refractivity contribution in [2.75, 3.05) is 12.3 Å². The minimum atomic E-state index is 0.111. The Hall–Kier alpha value is -4.03. The first kappa shape index (κ1) is 24.7. The second-order valence-electron chi connectivity index (χ2n) is 9.70. The van der Waals surface area contributed by atoms with Crippen molar-refractivity contribution in [2.45, 2.75) is 38.1 Å². The summed E-state index contributed by atoms with van der Waals surface area (Å²) in [4.78, 5) is 4.37. The van der Waals surface area contributed by atoms with E-state index in [1.807, 2.05) is 25.1 Å². The lowest BCUT2D eigenvalue weighted by molar-refractivity contribution is 0.394. The van der Waals surface area contributed by atoms with E-state index < -0.39 is 0 Å². The van der Waals surface area contributed by atoms with Crippen LogP contribution in [0.25, 0.3) is 11.2 Å². The first-order chi connectivity index (χ1) is 18.1. The fourth-order valence-electron chi connectivity index (χ4n) is 5.46. The maximum Gasteiger partial charge on any atom is 0.178 e. The summed E-state index contributed by atoms with van der Waals surface area (Å²) in [5, 5.41) is 15.1. The fourth-order valence-corrected chi connectivity index (χ4v) is 5.46. The molecule has 0 radical (unpaired) electrons. The maximum absolute atomic E-state index is 6.17. The van der Waals surface area contributed by atoms with Crippen LogP contribution in [0.5, 0.6) is 0 Å². The molecule has 1 unspecified atom stereocenters. The normalized spacial score (nSPS) is 18.4. The van der Waals surface area contributed by atoms with Crippen molar-refractivity contribution >= 4 is 17.0 Å². The van der Waals surface area contributed by atoms with Gasteiger partial charge in [0.25, 0.3) is 0 Å². The molecule has 0 saturated carbocycles. The molecule has 0 amide bonds. The van der Waals surface area contributed by atoms with Crippen molar-refractivity contribution in [2.24, 2.45) is 5.92 Å². The van der Waals surface area contributed by atoms with Crippen LogP contribution in [0.3, 0.4) is 0 Å². The van der Waals surface area contributed by atoms with Crippen LogP contribution in [0.1, 0.15) is 54.0 Å². The van der Waals surface area contributed by atoms with E-state index in [0.29, 0.717) is 17.4 Å². The third kappa shape index (κ3) is 5.54. The molecule has 0 bridgehead atoms. The summed E-state index contributed by atoms with van der Waals surface area (Å²) >= 11 is 0. The Morgan fingerprint density at radius 1 is 1.16 bits per heavy atom. The number of aromatic nitrogens is 4. The molecule has 37 heavy (non-hydrogen) atoms. The molecule has 2 heterocycles. The van der Waals surface area contributed by atoms with Crippen molar-refractivity contribution < 1.29 is 0 Å². The van der Waals surface area contributed by atoms with Crippen LogP contribution in [-0.2, 0) is 6.42 Å². The summed E-state index contributed by atoms with van der Waals surface area (Å²) in [5.41, 5.74) is 13.8. The van der Waals surface area contributed by atoms with E-state index in [4.69, 9.17) is 5.73 Å². The van der Waals surface area contributed by atoms with Crippen LogP contribution in [0, 0.1) is 5.92 Å².